The van der Waals surface area contributed by atoms with Crippen molar-refractivity contribution in [2.45, 2.75) is 71.3 Å². The maximum Gasteiger partial charge on any atom is 0.461 e. The van der Waals surface area contributed by atoms with Gasteiger partial charge < -0.3 is 9.26 Å². The lowest BCUT2D eigenvalue weighted by Crippen LogP contribution is -2.65. The van der Waals surface area contributed by atoms with E-state index in [1.54, 1.807) is 7.11 Å². The smallest absolute Gasteiger partial charge is 0.461 e. The van der Waals surface area contributed by atoms with Gasteiger partial charge in [-0.15, -0.1) is 0 Å². The number of rotatable bonds is 6. The highest BCUT2D eigenvalue weighted by molar-refractivity contribution is 7.51. The monoisotopic (exact) mass is 485 g/mol. The largest absolute Gasteiger partial charge is 0.497 e. The molecule has 0 bridgehead atoms. The Bertz CT molecular complexity index is 1040. The van der Waals surface area contributed by atoms with E-state index in [1.807, 2.05) is 41.1 Å². The van der Waals surface area contributed by atoms with Gasteiger partial charge >= 0.3 is 7.75 Å². The lowest BCUT2D eigenvalue weighted by atomic mass is 9.59. The number of hydrogen-bond donors (Lipinski definition) is 0. The van der Waals surface area contributed by atoms with Crippen molar-refractivity contribution in [1.29, 1.82) is 0 Å². The third-order valence-corrected chi connectivity index (χ3v) is 10.1. The van der Waals surface area contributed by atoms with Crippen LogP contribution in [0, 0.1) is 18.3 Å². The third kappa shape index (κ3) is 4.67. The van der Waals surface area contributed by atoms with Gasteiger partial charge in [-0.05, 0) is 78.3 Å². The Morgan fingerprint density at radius 1 is 1.03 bits per heavy atom. The van der Waals surface area contributed by atoms with Gasteiger partial charge in [0, 0.05) is 19.7 Å². The maximum atomic E-state index is 14.0. The molecule has 5 unspecified atom stereocenters. The minimum absolute atomic E-state index is 0.00224. The van der Waals surface area contributed by atoms with E-state index >= 15 is 0 Å². The number of nitrogens with zero attached hydrogens (tertiary/aromatic N) is 1. The van der Waals surface area contributed by atoms with Gasteiger partial charge in [-0.25, -0.2) is 4.57 Å². The first-order valence-corrected chi connectivity index (χ1v) is 14.0. The summed E-state index contributed by atoms with van der Waals surface area (Å²) in [6.45, 7) is 9.98. The molecule has 1 saturated heterocycles. The Labute approximate surface area is 205 Å². The fourth-order valence-corrected chi connectivity index (χ4v) is 8.81. The van der Waals surface area contributed by atoms with Crippen molar-refractivity contribution in [2.75, 3.05) is 20.8 Å². The molecule has 0 N–H and O–H groups in total. The minimum atomic E-state index is -3.47. The summed E-state index contributed by atoms with van der Waals surface area (Å²) in [5.74, 6) is 1.89. The summed E-state index contributed by atoms with van der Waals surface area (Å²) in [6.07, 6.45) is 5.62. The molecule has 6 heteroatoms. The van der Waals surface area contributed by atoms with E-state index in [-0.39, 0.29) is 16.9 Å². The predicted octanol–water partition coefficient (Wildman–Crippen LogP) is 7.39. The molecule has 1 aliphatic carbocycles. The van der Waals surface area contributed by atoms with Crippen molar-refractivity contribution in [2.24, 2.45) is 11.3 Å². The Hall–Kier alpha value is -1.81. The van der Waals surface area contributed by atoms with E-state index < -0.39 is 7.75 Å². The van der Waals surface area contributed by atoms with Gasteiger partial charge in [0.1, 0.15) is 11.5 Å². The van der Waals surface area contributed by atoms with Crippen LogP contribution >= 0.6 is 7.75 Å². The van der Waals surface area contributed by atoms with Gasteiger partial charge in [-0.2, -0.15) is 4.67 Å². The van der Waals surface area contributed by atoms with Gasteiger partial charge in [0.2, 0.25) is 0 Å². The Balaban J connectivity index is 1.67. The van der Waals surface area contributed by atoms with Crippen molar-refractivity contribution in [3.63, 3.8) is 0 Å². The third-order valence-electron chi connectivity index (χ3n) is 8.13. The number of aryl methyl sites for hydroxylation is 1. The maximum absolute atomic E-state index is 14.0. The van der Waals surface area contributed by atoms with Crippen molar-refractivity contribution >= 4 is 7.75 Å². The van der Waals surface area contributed by atoms with Crippen LogP contribution in [0.25, 0.3) is 0 Å². The zero-order valence-electron chi connectivity index (χ0n) is 21.5. The standard InChI is InChI=1S/C28H40NO4P/c1-21-15-16-24(31-5)18-25(21)27(3)17-11-10-12-22(2)26-28(4,19-27)20-29(26)34(30,32-6)33-23-13-8-7-9-14-23/h7-9,13-16,18,22,26H,10-12,17,19-20H2,1-6H3. The fraction of sp³-hybridized carbons (Fsp3) is 0.571. The number of benzene rings is 2. The van der Waals surface area contributed by atoms with E-state index in [2.05, 4.69) is 39.8 Å². The van der Waals surface area contributed by atoms with Crippen LogP contribution in [-0.4, -0.2) is 31.5 Å². The van der Waals surface area contributed by atoms with Crippen molar-refractivity contribution in [1.82, 2.24) is 4.67 Å². The molecule has 1 heterocycles. The van der Waals surface area contributed by atoms with Crippen LogP contribution in [0.1, 0.15) is 64.0 Å². The summed E-state index contributed by atoms with van der Waals surface area (Å²) in [5.41, 5.74) is 2.69. The zero-order valence-corrected chi connectivity index (χ0v) is 22.4. The summed E-state index contributed by atoms with van der Waals surface area (Å²) < 4.78 is 33.3. The van der Waals surface area contributed by atoms with E-state index in [1.165, 1.54) is 24.7 Å². The van der Waals surface area contributed by atoms with Crippen LogP contribution in [0.15, 0.2) is 48.5 Å². The number of ether oxygens (including phenoxy) is 1. The SMILES string of the molecule is COc1ccc(C)c(C2(C)CCCCC(C)C3N(P(=O)(OC)Oc4ccccc4)CC3(C)C2)c1. The van der Waals surface area contributed by atoms with Gasteiger partial charge in [-0.3, -0.25) is 4.52 Å². The lowest BCUT2D eigenvalue weighted by molar-refractivity contribution is -0.0646. The first kappa shape index (κ1) is 25.3. The van der Waals surface area contributed by atoms with Gasteiger partial charge in [0.25, 0.3) is 0 Å². The Kier molecular flexibility index (Phi) is 7.20. The van der Waals surface area contributed by atoms with E-state index in [0.29, 0.717) is 18.2 Å². The van der Waals surface area contributed by atoms with Crippen molar-refractivity contribution in [3.05, 3.63) is 59.7 Å². The highest BCUT2D eigenvalue weighted by Gasteiger charge is 2.61. The van der Waals surface area contributed by atoms with Gasteiger partial charge in [0.15, 0.2) is 0 Å². The summed E-state index contributed by atoms with van der Waals surface area (Å²) in [6, 6.07) is 15.9. The van der Waals surface area contributed by atoms with Crippen LogP contribution < -0.4 is 9.26 Å². The summed E-state index contributed by atoms with van der Waals surface area (Å²) >= 11 is 0. The molecule has 2 aliphatic rings. The molecule has 34 heavy (non-hydrogen) atoms. The van der Waals surface area contributed by atoms with Crippen LogP contribution in [0.3, 0.4) is 0 Å². The molecule has 2 aromatic rings. The lowest BCUT2D eigenvalue weighted by Gasteiger charge is -2.60. The molecule has 0 amide bonds. The second kappa shape index (κ2) is 9.68. The molecule has 0 spiro atoms. The molecule has 1 aliphatic heterocycles. The molecule has 1 saturated carbocycles. The van der Waals surface area contributed by atoms with E-state index in [0.717, 1.165) is 31.4 Å². The molecule has 2 fully saturated rings. The molecular formula is C28H40NO4P. The molecule has 5 atom stereocenters. The Morgan fingerprint density at radius 3 is 2.44 bits per heavy atom. The molecule has 0 aromatic heterocycles. The molecule has 186 valence electrons. The quantitative estimate of drug-likeness (QED) is 0.399. The van der Waals surface area contributed by atoms with Gasteiger partial charge in [0.05, 0.1) is 7.11 Å². The second-order valence-corrected chi connectivity index (χ2v) is 12.9. The molecule has 5 nitrogen and oxygen atoms in total. The highest BCUT2D eigenvalue weighted by atomic mass is 31.2. The van der Waals surface area contributed by atoms with E-state index in [4.69, 9.17) is 13.8 Å². The average Bonchev–Trinajstić information content (AvgIpc) is 2.84. The number of methoxy groups -OCH3 is 1. The van der Waals surface area contributed by atoms with Gasteiger partial charge in [-0.1, -0.05) is 57.9 Å². The highest BCUT2D eigenvalue weighted by Crippen LogP contribution is 2.64. The summed E-state index contributed by atoms with van der Waals surface area (Å²) in [5, 5.41) is 0. The van der Waals surface area contributed by atoms with Crippen LogP contribution in [0.4, 0.5) is 0 Å². The fourth-order valence-electron chi connectivity index (χ4n) is 6.73. The van der Waals surface area contributed by atoms with E-state index in [9.17, 15) is 4.57 Å². The number of para-hydroxylation sites is 1. The Morgan fingerprint density at radius 2 is 1.76 bits per heavy atom. The molecular weight excluding hydrogens is 445 g/mol. The number of hydrogen-bond acceptors (Lipinski definition) is 4. The predicted molar refractivity (Wildman–Crippen MR) is 138 cm³/mol. The topological polar surface area (TPSA) is 48.0 Å². The molecule has 2 aromatic carbocycles. The van der Waals surface area contributed by atoms with Crippen molar-refractivity contribution in [3.8, 4) is 11.5 Å². The van der Waals surface area contributed by atoms with Crippen LogP contribution in [0.5, 0.6) is 11.5 Å². The van der Waals surface area contributed by atoms with Crippen molar-refractivity contribution < 1.29 is 18.3 Å². The normalized spacial score (nSPS) is 31.7. The number of fused-ring (bicyclic) bond motifs is 1. The second-order valence-electron chi connectivity index (χ2n) is 10.9. The van der Waals surface area contributed by atoms with Crippen LogP contribution in [0.2, 0.25) is 0 Å². The average molecular weight is 486 g/mol. The minimum Gasteiger partial charge on any atom is -0.497 e. The first-order valence-electron chi connectivity index (χ1n) is 12.5. The zero-order chi connectivity index (χ0) is 24.6. The summed E-state index contributed by atoms with van der Waals surface area (Å²) in [7, 11) is -0.229. The molecule has 4 rings (SSSR count). The summed E-state index contributed by atoms with van der Waals surface area (Å²) in [4.78, 5) is 0. The van der Waals surface area contributed by atoms with Crippen LogP contribution in [-0.2, 0) is 14.5 Å². The first-order chi connectivity index (χ1) is 16.1. The molecule has 0 radical (unpaired) electrons.